The van der Waals surface area contributed by atoms with Crippen LogP contribution in [-0.4, -0.2) is 29.3 Å². The van der Waals surface area contributed by atoms with Crippen LogP contribution in [0.2, 0.25) is 20.1 Å². The van der Waals surface area contributed by atoms with Crippen molar-refractivity contribution < 1.29 is 9.59 Å². The molecule has 1 N–H and O–H groups in total. The van der Waals surface area contributed by atoms with Crippen LogP contribution in [0.3, 0.4) is 0 Å². The first-order chi connectivity index (χ1) is 17.1. The number of nitrogens with one attached hydrogen (secondary N) is 1. The van der Waals surface area contributed by atoms with Gasteiger partial charge in [0.1, 0.15) is 6.04 Å². The van der Waals surface area contributed by atoms with Gasteiger partial charge in [0.05, 0.1) is 6.42 Å². The van der Waals surface area contributed by atoms with E-state index in [1.165, 1.54) is 0 Å². The summed E-state index contributed by atoms with van der Waals surface area (Å²) in [6, 6.07) is 19.0. The molecule has 0 saturated heterocycles. The van der Waals surface area contributed by atoms with Gasteiger partial charge in [0.15, 0.2) is 0 Å². The van der Waals surface area contributed by atoms with Gasteiger partial charge in [-0.25, -0.2) is 0 Å². The average molecular weight is 566 g/mol. The monoisotopic (exact) mass is 564 g/mol. The van der Waals surface area contributed by atoms with E-state index in [-0.39, 0.29) is 30.7 Å². The molecule has 0 aliphatic carbocycles. The van der Waals surface area contributed by atoms with Crippen LogP contribution in [0.5, 0.6) is 0 Å². The van der Waals surface area contributed by atoms with Gasteiger partial charge in [-0.1, -0.05) is 103 Å². The number of carbonyl (C=O) groups excluding carboxylic acids is 2. The van der Waals surface area contributed by atoms with Crippen molar-refractivity contribution in [1.82, 2.24) is 10.2 Å². The Kier molecular flexibility index (Phi) is 10.5. The Morgan fingerprint density at radius 3 is 1.97 bits per heavy atom. The normalized spacial score (nSPS) is 11.9. The summed E-state index contributed by atoms with van der Waals surface area (Å²) in [7, 11) is 0. The number of halogens is 4. The molecule has 0 saturated carbocycles. The van der Waals surface area contributed by atoms with E-state index in [9.17, 15) is 9.59 Å². The quantitative estimate of drug-likeness (QED) is 0.281. The Morgan fingerprint density at radius 1 is 0.833 bits per heavy atom. The largest absolute Gasteiger partial charge is 0.354 e. The summed E-state index contributed by atoms with van der Waals surface area (Å²) in [4.78, 5) is 28.9. The molecule has 36 heavy (non-hydrogen) atoms. The molecule has 4 nitrogen and oxygen atoms in total. The third-order valence-electron chi connectivity index (χ3n) is 5.67. The number of nitrogens with zero attached hydrogens (tertiary/aromatic N) is 1. The summed E-state index contributed by atoms with van der Waals surface area (Å²) in [5.74, 6) is -0.229. The predicted octanol–water partition coefficient (Wildman–Crippen LogP) is 7.26. The minimum absolute atomic E-state index is 0.00393. The highest BCUT2D eigenvalue weighted by Gasteiger charge is 2.31. The van der Waals surface area contributed by atoms with Crippen LogP contribution >= 0.6 is 46.4 Å². The average Bonchev–Trinajstić information content (AvgIpc) is 2.83. The summed E-state index contributed by atoms with van der Waals surface area (Å²) < 4.78 is 0. The molecule has 0 fully saturated rings. The standard InChI is InChI=1S/C28H28Cl4N2O2/c1-18(2)16-33-28(36)26(12-19-6-4-3-5-7-19)34(17-21-9-11-23(30)15-25(21)32)27(35)13-20-8-10-22(29)14-24(20)31/h3-11,14-15,18,26H,12-13,16-17H2,1-2H3,(H,33,36)/t26-/m1/s1. The summed E-state index contributed by atoms with van der Waals surface area (Å²) >= 11 is 25.0. The van der Waals surface area contributed by atoms with E-state index in [4.69, 9.17) is 46.4 Å². The van der Waals surface area contributed by atoms with E-state index in [1.807, 2.05) is 44.2 Å². The van der Waals surface area contributed by atoms with Crippen molar-refractivity contribution in [3.63, 3.8) is 0 Å². The predicted molar refractivity (Wildman–Crippen MR) is 149 cm³/mol. The highest BCUT2D eigenvalue weighted by Crippen LogP contribution is 2.26. The number of hydrogen-bond donors (Lipinski definition) is 1. The second-order valence-corrected chi connectivity index (χ2v) is 10.7. The Bertz CT molecular complexity index is 1200. The second-order valence-electron chi connectivity index (χ2n) is 9.01. The Morgan fingerprint density at radius 2 is 1.42 bits per heavy atom. The van der Waals surface area contributed by atoms with E-state index in [0.29, 0.717) is 44.2 Å². The van der Waals surface area contributed by atoms with Crippen molar-refractivity contribution >= 4 is 58.2 Å². The molecule has 0 bridgehead atoms. The minimum atomic E-state index is -0.767. The van der Waals surface area contributed by atoms with Gasteiger partial charge in [-0.2, -0.15) is 0 Å². The van der Waals surface area contributed by atoms with Crippen LogP contribution < -0.4 is 5.32 Å². The fraction of sp³-hybridized carbons (Fsp3) is 0.286. The summed E-state index contributed by atoms with van der Waals surface area (Å²) in [5.41, 5.74) is 2.25. The van der Waals surface area contributed by atoms with Crippen molar-refractivity contribution in [1.29, 1.82) is 0 Å². The van der Waals surface area contributed by atoms with E-state index in [1.54, 1.807) is 41.3 Å². The first kappa shape index (κ1) is 28.3. The second kappa shape index (κ2) is 13.3. The first-order valence-corrected chi connectivity index (χ1v) is 13.1. The molecule has 3 aromatic carbocycles. The highest BCUT2D eigenvalue weighted by molar-refractivity contribution is 6.35. The lowest BCUT2D eigenvalue weighted by atomic mass is 10.0. The van der Waals surface area contributed by atoms with E-state index < -0.39 is 6.04 Å². The molecule has 8 heteroatoms. The molecule has 3 aromatic rings. The Balaban J connectivity index is 2.00. The lowest BCUT2D eigenvalue weighted by Gasteiger charge is -2.32. The van der Waals surface area contributed by atoms with Gasteiger partial charge in [-0.3, -0.25) is 9.59 Å². The van der Waals surface area contributed by atoms with Crippen molar-refractivity contribution in [3.05, 3.63) is 104 Å². The molecule has 0 aromatic heterocycles. The summed E-state index contributed by atoms with van der Waals surface area (Å²) in [5, 5.41) is 4.79. The molecule has 0 radical (unpaired) electrons. The summed E-state index contributed by atoms with van der Waals surface area (Å²) in [6.45, 7) is 4.67. The first-order valence-electron chi connectivity index (χ1n) is 11.6. The van der Waals surface area contributed by atoms with Crippen LogP contribution in [0.4, 0.5) is 0 Å². The molecular weight excluding hydrogens is 538 g/mol. The van der Waals surface area contributed by atoms with E-state index >= 15 is 0 Å². The Labute approximate surface area is 232 Å². The van der Waals surface area contributed by atoms with Gasteiger partial charge in [0.25, 0.3) is 0 Å². The zero-order valence-corrected chi connectivity index (χ0v) is 23.1. The van der Waals surface area contributed by atoms with Crippen molar-refractivity contribution in [2.45, 2.75) is 39.3 Å². The lowest BCUT2D eigenvalue weighted by molar-refractivity contribution is -0.140. The molecule has 0 unspecified atom stereocenters. The third-order valence-corrected chi connectivity index (χ3v) is 6.84. The van der Waals surface area contributed by atoms with Crippen molar-refractivity contribution in [2.24, 2.45) is 5.92 Å². The number of carbonyl (C=O) groups is 2. The van der Waals surface area contributed by atoms with Gasteiger partial charge in [0.2, 0.25) is 11.8 Å². The smallest absolute Gasteiger partial charge is 0.243 e. The minimum Gasteiger partial charge on any atom is -0.354 e. The molecule has 0 heterocycles. The molecule has 0 aliphatic rings. The zero-order chi connectivity index (χ0) is 26.2. The number of benzene rings is 3. The molecule has 0 aliphatic heterocycles. The van der Waals surface area contributed by atoms with Gasteiger partial charge < -0.3 is 10.2 Å². The van der Waals surface area contributed by atoms with Gasteiger partial charge in [-0.05, 0) is 46.9 Å². The maximum atomic E-state index is 13.8. The van der Waals surface area contributed by atoms with Crippen molar-refractivity contribution in [2.75, 3.05) is 6.54 Å². The molecule has 1 atom stereocenters. The van der Waals surface area contributed by atoms with Crippen LogP contribution in [-0.2, 0) is 29.0 Å². The highest BCUT2D eigenvalue weighted by atomic mass is 35.5. The summed E-state index contributed by atoms with van der Waals surface area (Å²) in [6.07, 6.45) is 0.347. The maximum absolute atomic E-state index is 13.8. The van der Waals surface area contributed by atoms with Crippen LogP contribution in [0.15, 0.2) is 66.7 Å². The molecule has 2 amide bonds. The third kappa shape index (κ3) is 8.14. The van der Waals surface area contributed by atoms with E-state index in [2.05, 4.69) is 5.32 Å². The molecule has 190 valence electrons. The van der Waals surface area contributed by atoms with E-state index in [0.717, 1.165) is 5.56 Å². The lowest BCUT2D eigenvalue weighted by Crippen LogP contribution is -2.51. The molecular formula is C28H28Cl4N2O2. The molecule has 0 spiro atoms. The van der Waals surface area contributed by atoms with Gasteiger partial charge >= 0.3 is 0 Å². The SMILES string of the molecule is CC(C)CNC(=O)[C@@H](Cc1ccccc1)N(Cc1ccc(Cl)cc1Cl)C(=O)Cc1ccc(Cl)cc1Cl. The fourth-order valence-electron chi connectivity index (χ4n) is 3.74. The molecule has 3 rings (SSSR count). The van der Waals surface area contributed by atoms with Gasteiger partial charge in [0, 0.05) is 39.6 Å². The van der Waals surface area contributed by atoms with Crippen LogP contribution in [0.25, 0.3) is 0 Å². The van der Waals surface area contributed by atoms with Crippen LogP contribution in [0, 0.1) is 5.92 Å². The number of hydrogen-bond acceptors (Lipinski definition) is 2. The van der Waals surface area contributed by atoms with Crippen molar-refractivity contribution in [3.8, 4) is 0 Å². The van der Waals surface area contributed by atoms with Gasteiger partial charge in [-0.15, -0.1) is 0 Å². The topological polar surface area (TPSA) is 49.4 Å². The Hall–Kier alpha value is -2.24. The number of rotatable bonds is 10. The maximum Gasteiger partial charge on any atom is 0.243 e. The fourth-order valence-corrected chi connectivity index (χ4v) is 4.68. The zero-order valence-electron chi connectivity index (χ0n) is 20.1. The van der Waals surface area contributed by atoms with Crippen LogP contribution in [0.1, 0.15) is 30.5 Å². The number of amides is 2.